The van der Waals surface area contributed by atoms with E-state index >= 15 is 0 Å². The Labute approximate surface area is 244 Å². The molecule has 39 heavy (non-hydrogen) atoms. The van der Waals surface area contributed by atoms with Crippen LogP contribution in [-0.2, 0) is 9.59 Å². The third-order valence-electron chi connectivity index (χ3n) is 6.57. The lowest BCUT2D eigenvalue weighted by Gasteiger charge is -2.41. The number of carbonyl (C=O) groups excluding carboxylic acids is 3. The maximum absolute atomic E-state index is 13.4. The van der Waals surface area contributed by atoms with Gasteiger partial charge in [0, 0.05) is 37.1 Å². The van der Waals surface area contributed by atoms with E-state index in [4.69, 9.17) is 9.47 Å². The first kappa shape index (κ1) is 32.8. The number of carbonyl (C=O) groups is 3. The molecule has 1 aliphatic rings. The number of ether oxygens (including phenoxy) is 2. The third-order valence-corrected chi connectivity index (χ3v) is 7.37. The SMILES string of the molecule is C=CCCCCC(=O)N(CCC(C)C)C1CC(C(=O)NCCO)=CC(Oc2c(I)cc(C=O)cc2OC)C1O. The number of aliphatic hydroxyl groups is 2. The van der Waals surface area contributed by atoms with E-state index in [1.807, 2.05) is 28.7 Å². The minimum Gasteiger partial charge on any atom is -0.493 e. The fourth-order valence-corrected chi connectivity index (χ4v) is 5.17. The first-order valence-electron chi connectivity index (χ1n) is 13.3. The van der Waals surface area contributed by atoms with Gasteiger partial charge >= 0.3 is 0 Å². The molecule has 1 aromatic rings. The Morgan fingerprint density at radius 2 is 2.05 bits per heavy atom. The number of unbranched alkanes of at least 4 members (excludes halogenated alkanes) is 2. The molecule has 0 heterocycles. The lowest BCUT2D eigenvalue weighted by Crippen LogP contribution is -2.55. The molecule has 0 aliphatic heterocycles. The predicted octanol–water partition coefficient (Wildman–Crippen LogP) is 3.65. The monoisotopic (exact) mass is 656 g/mol. The Hall–Kier alpha value is -2.44. The summed E-state index contributed by atoms with van der Waals surface area (Å²) in [7, 11) is 1.45. The first-order chi connectivity index (χ1) is 18.7. The Morgan fingerprint density at radius 1 is 1.31 bits per heavy atom. The molecule has 0 radical (unpaired) electrons. The minimum atomic E-state index is -1.13. The summed E-state index contributed by atoms with van der Waals surface area (Å²) in [5.74, 6) is 0.493. The first-order valence-corrected chi connectivity index (χ1v) is 14.4. The Bertz CT molecular complexity index is 1030. The van der Waals surface area contributed by atoms with Gasteiger partial charge in [0.05, 0.1) is 23.3 Å². The molecule has 3 atom stereocenters. The number of amides is 2. The van der Waals surface area contributed by atoms with Crippen molar-refractivity contribution in [2.45, 2.75) is 70.6 Å². The molecule has 0 spiro atoms. The van der Waals surface area contributed by atoms with Crippen molar-refractivity contribution < 1.29 is 34.1 Å². The van der Waals surface area contributed by atoms with Crippen molar-refractivity contribution in [1.82, 2.24) is 10.2 Å². The van der Waals surface area contributed by atoms with Gasteiger partial charge < -0.3 is 29.9 Å². The van der Waals surface area contributed by atoms with Gasteiger partial charge in [0.2, 0.25) is 11.8 Å². The van der Waals surface area contributed by atoms with Crippen LogP contribution in [0.4, 0.5) is 0 Å². The smallest absolute Gasteiger partial charge is 0.247 e. The van der Waals surface area contributed by atoms with Crippen LogP contribution in [0.15, 0.2) is 36.4 Å². The molecule has 0 bridgehead atoms. The van der Waals surface area contributed by atoms with Crippen LogP contribution in [0.1, 0.15) is 62.7 Å². The van der Waals surface area contributed by atoms with Crippen molar-refractivity contribution in [2.24, 2.45) is 5.92 Å². The number of benzene rings is 1. The molecule has 3 N–H and O–H groups in total. The van der Waals surface area contributed by atoms with Crippen LogP contribution in [0.5, 0.6) is 11.5 Å². The Kier molecular flexibility index (Phi) is 14.0. The molecule has 3 unspecified atom stereocenters. The predicted molar refractivity (Wildman–Crippen MR) is 158 cm³/mol. The van der Waals surface area contributed by atoms with Crippen LogP contribution < -0.4 is 14.8 Å². The summed E-state index contributed by atoms with van der Waals surface area (Å²) in [5, 5.41) is 23.4. The van der Waals surface area contributed by atoms with Crippen molar-refractivity contribution in [1.29, 1.82) is 0 Å². The fraction of sp³-hybridized carbons (Fsp3) is 0.552. The van der Waals surface area contributed by atoms with Gasteiger partial charge in [-0.25, -0.2) is 0 Å². The zero-order valence-corrected chi connectivity index (χ0v) is 25.2. The summed E-state index contributed by atoms with van der Waals surface area (Å²) in [5.41, 5.74) is 0.767. The van der Waals surface area contributed by atoms with Crippen LogP contribution >= 0.6 is 22.6 Å². The molecule has 10 heteroatoms. The number of nitrogens with one attached hydrogen (secondary N) is 1. The average molecular weight is 657 g/mol. The van der Waals surface area contributed by atoms with E-state index in [0.29, 0.717) is 57.8 Å². The summed E-state index contributed by atoms with van der Waals surface area (Å²) in [6.07, 6.45) is 5.57. The lowest BCUT2D eigenvalue weighted by atomic mass is 9.87. The number of halogens is 1. The summed E-state index contributed by atoms with van der Waals surface area (Å²) >= 11 is 2.03. The molecule has 1 aromatic carbocycles. The van der Waals surface area contributed by atoms with Gasteiger partial charge in [-0.3, -0.25) is 14.4 Å². The highest BCUT2D eigenvalue weighted by Gasteiger charge is 2.40. The zero-order valence-electron chi connectivity index (χ0n) is 23.0. The highest BCUT2D eigenvalue weighted by atomic mass is 127. The second kappa shape index (κ2) is 16.6. The number of aliphatic hydroxyl groups excluding tert-OH is 2. The topological polar surface area (TPSA) is 125 Å². The van der Waals surface area contributed by atoms with Crippen molar-refractivity contribution in [3.8, 4) is 11.5 Å². The van der Waals surface area contributed by atoms with Crippen LogP contribution in [0, 0.1) is 9.49 Å². The largest absolute Gasteiger partial charge is 0.493 e. The van der Waals surface area contributed by atoms with Crippen molar-refractivity contribution in [3.63, 3.8) is 0 Å². The maximum Gasteiger partial charge on any atom is 0.247 e. The van der Waals surface area contributed by atoms with Gasteiger partial charge in [-0.2, -0.15) is 0 Å². The van der Waals surface area contributed by atoms with E-state index in [1.54, 1.807) is 17.0 Å². The number of aldehydes is 1. The number of hydrogen-bond donors (Lipinski definition) is 3. The van der Waals surface area contributed by atoms with Crippen molar-refractivity contribution >= 4 is 40.7 Å². The molecule has 0 fully saturated rings. The van der Waals surface area contributed by atoms with E-state index < -0.39 is 24.2 Å². The van der Waals surface area contributed by atoms with Gasteiger partial charge in [-0.05, 0) is 72.4 Å². The molecular weight excluding hydrogens is 615 g/mol. The molecule has 2 rings (SSSR count). The average Bonchev–Trinajstić information content (AvgIpc) is 2.91. The van der Waals surface area contributed by atoms with Crippen LogP contribution in [-0.4, -0.2) is 78.3 Å². The molecule has 0 saturated carbocycles. The molecule has 2 amide bonds. The van der Waals surface area contributed by atoms with Gasteiger partial charge in [-0.15, -0.1) is 6.58 Å². The summed E-state index contributed by atoms with van der Waals surface area (Å²) in [6, 6.07) is 2.48. The molecule has 9 nitrogen and oxygen atoms in total. The van der Waals surface area contributed by atoms with Crippen LogP contribution in [0.2, 0.25) is 0 Å². The molecule has 0 aromatic heterocycles. The molecule has 0 saturated heterocycles. The molecule has 216 valence electrons. The third kappa shape index (κ3) is 9.61. The standard InChI is InChI=1S/C29H41IN2O7/c1-5-6-7-8-9-26(35)32(12-10-19(2)3)23-16-21(29(37)31-11-13-33)17-24(27(23)36)39-28-22(30)14-20(18-34)15-25(28)38-4/h5,14-15,17-19,23-24,27,33,36H,1,6-13,16H2,2-4H3,(H,31,37). The molecule has 1 aliphatic carbocycles. The summed E-state index contributed by atoms with van der Waals surface area (Å²) < 4.78 is 12.3. The quantitative estimate of drug-likeness (QED) is 0.107. The lowest BCUT2D eigenvalue weighted by molar-refractivity contribution is -0.139. The van der Waals surface area contributed by atoms with E-state index in [2.05, 4.69) is 25.7 Å². The van der Waals surface area contributed by atoms with Crippen LogP contribution in [0.3, 0.4) is 0 Å². The van der Waals surface area contributed by atoms with Crippen molar-refractivity contribution in [3.05, 3.63) is 45.6 Å². The highest BCUT2D eigenvalue weighted by molar-refractivity contribution is 14.1. The summed E-state index contributed by atoms with van der Waals surface area (Å²) in [4.78, 5) is 39.4. The minimum absolute atomic E-state index is 0.0765. The second-order valence-electron chi connectivity index (χ2n) is 9.97. The number of allylic oxidation sites excluding steroid dienone is 1. The highest BCUT2D eigenvalue weighted by Crippen LogP contribution is 2.37. The van der Waals surface area contributed by atoms with Gasteiger partial charge in [0.15, 0.2) is 11.5 Å². The second-order valence-corrected chi connectivity index (χ2v) is 11.1. The van der Waals surface area contributed by atoms with E-state index in [0.717, 1.165) is 19.3 Å². The van der Waals surface area contributed by atoms with Gasteiger partial charge in [0.1, 0.15) is 18.5 Å². The fourth-order valence-electron chi connectivity index (χ4n) is 4.42. The van der Waals surface area contributed by atoms with Gasteiger partial charge in [0.25, 0.3) is 0 Å². The van der Waals surface area contributed by atoms with E-state index in [1.165, 1.54) is 13.2 Å². The number of hydrogen-bond acceptors (Lipinski definition) is 7. The van der Waals surface area contributed by atoms with E-state index in [-0.39, 0.29) is 25.5 Å². The normalized spacial score (nSPS) is 18.7. The number of rotatable bonds is 16. The van der Waals surface area contributed by atoms with E-state index in [9.17, 15) is 24.6 Å². The molecular formula is C29H41IN2O7. The summed E-state index contributed by atoms with van der Waals surface area (Å²) in [6.45, 7) is 8.17. The Morgan fingerprint density at radius 3 is 2.67 bits per heavy atom. The number of nitrogens with zero attached hydrogens (tertiary/aromatic N) is 1. The zero-order chi connectivity index (χ0) is 28.9. The van der Waals surface area contributed by atoms with Crippen molar-refractivity contribution in [2.75, 3.05) is 26.8 Å². The van der Waals surface area contributed by atoms with Crippen LogP contribution in [0.25, 0.3) is 0 Å². The Balaban J connectivity index is 2.46. The number of methoxy groups -OCH3 is 1. The van der Waals surface area contributed by atoms with Gasteiger partial charge in [-0.1, -0.05) is 19.9 Å². The maximum atomic E-state index is 13.4.